The average Bonchev–Trinajstić information content (AvgIpc) is 3.15. The van der Waals surface area contributed by atoms with Crippen LogP contribution in [0.2, 0.25) is 0 Å². The Hall–Kier alpha value is -3.35. The van der Waals surface area contributed by atoms with Crippen LogP contribution in [0, 0.1) is 6.92 Å². The fourth-order valence-corrected chi connectivity index (χ4v) is 2.93. The number of fused-ring (bicyclic) bond motifs is 2. The van der Waals surface area contributed by atoms with Crippen LogP contribution in [-0.2, 0) is 7.05 Å². The Labute approximate surface area is 143 Å². The van der Waals surface area contributed by atoms with Crippen LogP contribution in [0.25, 0.3) is 21.9 Å². The van der Waals surface area contributed by atoms with E-state index in [0.717, 1.165) is 33.4 Å². The number of pyridine rings is 1. The largest absolute Gasteiger partial charge is 0.497 e. The number of carbonyl (C=O) groups is 1. The fourth-order valence-electron chi connectivity index (χ4n) is 2.93. The quantitative estimate of drug-likeness (QED) is 0.603. The molecule has 126 valence electrons. The predicted octanol–water partition coefficient (Wildman–Crippen LogP) is 3.02. The van der Waals surface area contributed by atoms with Crippen molar-refractivity contribution in [2.45, 2.75) is 6.92 Å². The molecule has 1 aromatic carbocycles. The molecule has 0 aliphatic rings. The summed E-state index contributed by atoms with van der Waals surface area (Å²) in [6.07, 6.45) is 1.63. The molecule has 0 unspecified atom stereocenters. The number of aromatic amines is 1. The zero-order chi connectivity index (χ0) is 17.6. The van der Waals surface area contributed by atoms with Crippen LogP contribution >= 0.6 is 0 Å². The van der Waals surface area contributed by atoms with E-state index in [1.807, 2.05) is 44.3 Å². The lowest BCUT2D eigenvalue weighted by Crippen LogP contribution is -2.12. The average molecular weight is 335 g/mol. The van der Waals surface area contributed by atoms with E-state index in [2.05, 4.69) is 20.4 Å². The second-order valence-electron chi connectivity index (χ2n) is 5.89. The van der Waals surface area contributed by atoms with Crippen molar-refractivity contribution in [2.24, 2.45) is 7.05 Å². The number of anilines is 1. The molecule has 0 fully saturated rings. The minimum absolute atomic E-state index is 0.224. The first-order valence-electron chi connectivity index (χ1n) is 7.82. The summed E-state index contributed by atoms with van der Waals surface area (Å²) in [6.45, 7) is 1.92. The zero-order valence-corrected chi connectivity index (χ0v) is 14.1. The summed E-state index contributed by atoms with van der Waals surface area (Å²) in [5.41, 5.74) is 3.62. The van der Waals surface area contributed by atoms with Crippen LogP contribution in [0.15, 0.2) is 36.5 Å². The number of nitrogens with one attached hydrogen (secondary N) is 2. The number of hydrogen-bond acceptors (Lipinski definition) is 4. The van der Waals surface area contributed by atoms with Gasteiger partial charge in [-0.15, -0.1) is 0 Å². The summed E-state index contributed by atoms with van der Waals surface area (Å²) in [5.74, 6) is 0.515. The van der Waals surface area contributed by atoms with Crippen molar-refractivity contribution in [3.8, 4) is 5.75 Å². The maximum Gasteiger partial charge on any atom is 0.272 e. The number of benzene rings is 1. The van der Waals surface area contributed by atoms with Gasteiger partial charge in [0, 0.05) is 29.4 Å². The number of rotatable bonds is 3. The van der Waals surface area contributed by atoms with Gasteiger partial charge in [-0.2, -0.15) is 5.10 Å². The van der Waals surface area contributed by atoms with Gasteiger partial charge in [0.2, 0.25) is 0 Å². The molecule has 0 aliphatic carbocycles. The summed E-state index contributed by atoms with van der Waals surface area (Å²) in [5, 5.41) is 9.08. The van der Waals surface area contributed by atoms with Crippen LogP contribution in [0.4, 0.5) is 5.69 Å². The molecular weight excluding hydrogens is 318 g/mol. The van der Waals surface area contributed by atoms with Crippen LogP contribution < -0.4 is 10.1 Å². The lowest BCUT2D eigenvalue weighted by molar-refractivity contribution is 0.102. The molecular formula is C18H17N5O2. The van der Waals surface area contributed by atoms with Crippen molar-refractivity contribution in [2.75, 3.05) is 12.4 Å². The van der Waals surface area contributed by atoms with Crippen molar-refractivity contribution in [1.29, 1.82) is 0 Å². The van der Waals surface area contributed by atoms with Gasteiger partial charge < -0.3 is 15.0 Å². The molecule has 3 heterocycles. The first kappa shape index (κ1) is 15.2. The summed E-state index contributed by atoms with van der Waals surface area (Å²) in [4.78, 5) is 20.0. The van der Waals surface area contributed by atoms with Gasteiger partial charge in [0.25, 0.3) is 5.91 Å². The maximum absolute atomic E-state index is 12.5. The molecule has 4 aromatic rings. The number of hydrogen-bond donors (Lipinski definition) is 2. The number of ether oxygens (including phenoxy) is 1. The molecule has 4 rings (SSSR count). The molecule has 0 saturated carbocycles. The van der Waals surface area contributed by atoms with Gasteiger partial charge in [0.1, 0.15) is 11.4 Å². The number of methoxy groups -OCH3 is 1. The predicted molar refractivity (Wildman–Crippen MR) is 96.0 cm³/mol. The summed E-state index contributed by atoms with van der Waals surface area (Å²) in [7, 11) is 3.46. The van der Waals surface area contributed by atoms with Crippen molar-refractivity contribution in [1.82, 2.24) is 19.7 Å². The van der Waals surface area contributed by atoms with Gasteiger partial charge in [-0.3, -0.25) is 9.48 Å². The third-order valence-electron chi connectivity index (χ3n) is 4.20. The number of H-pyrrole nitrogens is 1. The van der Waals surface area contributed by atoms with E-state index in [1.54, 1.807) is 18.0 Å². The Morgan fingerprint density at radius 3 is 2.92 bits per heavy atom. The van der Waals surface area contributed by atoms with E-state index >= 15 is 0 Å². The van der Waals surface area contributed by atoms with E-state index in [4.69, 9.17) is 4.74 Å². The van der Waals surface area contributed by atoms with E-state index in [-0.39, 0.29) is 5.91 Å². The topological polar surface area (TPSA) is 84.8 Å². The van der Waals surface area contributed by atoms with Crippen LogP contribution in [0.3, 0.4) is 0 Å². The van der Waals surface area contributed by atoms with Crippen molar-refractivity contribution < 1.29 is 9.53 Å². The smallest absolute Gasteiger partial charge is 0.272 e. The standard InChI is InChI=1S/C18H17N5O2/c1-10-14-7-12(9-19-17(14)23(2)22-10)20-18(24)16-6-11-4-5-13(25-3)8-15(11)21-16/h4-9,21H,1-3H3,(H,20,24). The molecule has 0 saturated heterocycles. The van der Waals surface area contributed by atoms with Gasteiger partial charge in [0.05, 0.1) is 24.7 Å². The second kappa shape index (κ2) is 5.62. The Balaban J connectivity index is 1.64. The molecule has 0 aliphatic heterocycles. The number of amides is 1. The molecule has 25 heavy (non-hydrogen) atoms. The Bertz CT molecular complexity index is 1110. The lowest BCUT2D eigenvalue weighted by atomic mass is 10.2. The minimum atomic E-state index is -0.224. The maximum atomic E-state index is 12.5. The second-order valence-corrected chi connectivity index (χ2v) is 5.89. The summed E-state index contributed by atoms with van der Waals surface area (Å²) >= 11 is 0. The first-order valence-corrected chi connectivity index (χ1v) is 7.82. The molecule has 0 radical (unpaired) electrons. The van der Waals surface area contributed by atoms with Gasteiger partial charge in [-0.25, -0.2) is 4.98 Å². The van der Waals surface area contributed by atoms with Gasteiger partial charge >= 0.3 is 0 Å². The summed E-state index contributed by atoms with van der Waals surface area (Å²) in [6, 6.07) is 9.33. The SMILES string of the molecule is COc1ccc2cc(C(=O)Nc3cnc4c(c3)c(C)nn4C)[nH]c2c1. The van der Waals surface area contributed by atoms with Crippen molar-refractivity contribution in [3.05, 3.63) is 47.9 Å². The first-order chi connectivity index (χ1) is 12.0. The van der Waals surface area contributed by atoms with Crippen molar-refractivity contribution in [3.63, 3.8) is 0 Å². The van der Waals surface area contributed by atoms with Crippen LogP contribution in [0.5, 0.6) is 5.75 Å². The molecule has 7 nitrogen and oxygen atoms in total. The lowest BCUT2D eigenvalue weighted by Gasteiger charge is -2.03. The highest BCUT2D eigenvalue weighted by Gasteiger charge is 2.12. The normalized spacial score (nSPS) is 11.2. The van der Waals surface area contributed by atoms with E-state index in [9.17, 15) is 4.79 Å². The fraction of sp³-hybridized carbons (Fsp3) is 0.167. The third kappa shape index (κ3) is 2.59. The molecule has 0 atom stereocenters. The number of aryl methyl sites for hydroxylation is 2. The van der Waals surface area contributed by atoms with Gasteiger partial charge in [-0.1, -0.05) is 0 Å². The van der Waals surface area contributed by atoms with E-state index in [0.29, 0.717) is 11.4 Å². The Morgan fingerprint density at radius 2 is 2.12 bits per heavy atom. The molecule has 0 bridgehead atoms. The highest BCUT2D eigenvalue weighted by molar-refractivity contribution is 6.06. The van der Waals surface area contributed by atoms with Crippen LogP contribution in [-0.4, -0.2) is 32.8 Å². The summed E-state index contributed by atoms with van der Waals surface area (Å²) < 4.78 is 6.93. The van der Waals surface area contributed by atoms with E-state index in [1.165, 1.54) is 0 Å². The minimum Gasteiger partial charge on any atom is -0.497 e. The molecule has 3 aromatic heterocycles. The number of aromatic nitrogens is 4. The van der Waals surface area contributed by atoms with Gasteiger partial charge in [-0.05, 0) is 31.2 Å². The number of carbonyl (C=O) groups excluding carboxylic acids is 1. The molecule has 2 N–H and O–H groups in total. The highest BCUT2D eigenvalue weighted by Crippen LogP contribution is 2.23. The Kier molecular flexibility index (Phi) is 3.42. The third-order valence-corrected chi connectivity index (χ3v) is 4.20. The zero-order valence-electron chi connectivity index (χ0n) is 14.1. The molecule has 7 heteroatoms. The molecule has 0 spiro atoms. The van der Waals surface area contributed by atoms with Crippen LogP contribution in [0.1, 0.15) is 16.2 Å². The Morgan fingerprint density at radius 1 is 1.28 bits per heavy atom. The highest BCUT2D eigenvalue weighted by atomic mass is 16.5. The van der Waals surface area contributed by atoms with Crippen molar-refractivity contribution >= 4 is 33.5 Å². The van der Waals surface area contributed by atoms with Gasteiger partial charge in [0.15, 0.2) is 5.65 Å². The van der Waals surface area contributed by atoms with E-state index < -0.39 is 0 Å². The molecule has 1 amide bonds. The number of nitrogens with zero attached hydrogens (tertiary/aromatic N) is 3. The monoisotopic (exact) mass is 335 g/mol.